The number of rotatable bonds is 2. The van der Waals surface area contributed by atoms with Crippen LogP contribution in [-0.2, 0) is 6.18 Å². The first-order chi connectivity index (χ1) is 10.8. The van der Waals surface area contributed by atoms with Crippen molar-refractivity contribution in [2.24, 2.45) is 0 Å². The molecule has 23 heavy (non-hydrogen) atoms. The molecule has 3 rings (SSSR count). The number of thiazole rings is 1. The Hall–Kier alpha value is -1.63. The van der Waals surface area contributed by atoms with Gasteiger partial charge in [-0.15, -0.1) is 11.3 Å². The molecule has 0 unspecified atom stereocenters. The first kappa shape index (κ1) is 16.2. The Balaban J connectivity index is 1.92. The molecule has 0 fully saturated rings. The summed E-state index contributed by atoms with van der Waals surface area (Å²) in [6.07, 6.45) is -4.35. The Bertz CT molecular complexity index is 824. The number of pyridine rings is 1. The summed E-state index contributed by atoms with van der Waals surface area (Å²) in [5, 5.41) is 2.92. The van der Waals surface area contributed by atoms with Crippen molar-refractivity contribution in [3.63, 3.8) is 0 Å². The molecule has 0 saturated heterocycles. The second-order valence-electron chi connectivity index (χ2n) is 4.61. The molecule has 0 aliphatic heterocycles. The molecular formula is C15H7Cl2F3N2S. The lowest BCUT2D eigenvalue weighted by Gasteiger charge is -2.06. The van der Waals surface area contributed by atoms with Crippen LogP contribution in [0, 0.1) is 0 Å². The number of hydrogen-bond acceptors (Lipinski definition) is 3. The number of alkyl halides is 3. The molecule has 0 aliphatic carbocycles. The molecule has 0 saturated carbocycles. The fourth-order valence-corrected chi connectivity index (χ4v) is 3.23. The summed E-state index contributed by atoms with van der Waals surface area (Å²) >= 11 is 13.1. The molecule has 118 valence electrons. The highest BCUT2D eigenvalue weighted by Gasteiger charge is 2.30. The quantitative estimate of drug-likeness (QED) is 0.499. The van der Waals surface area contributed by atoms with Crippen LogP contribution in [0.2, 0.25) is 10.3 Å². The van der Waals surface area contributed by atoms with Gasteiger partial charge in [-0.1, -0.05) is 35.3 Å². The highest BCUT2D eigenvalue weighted by molar-refractivity contribution is 7.13. The maximum Gasteiger partial charge on any atom is 0.416 e. The lowest BCUT2D eigenvalue weighted by atomic mass is 10.1. The van der Waals surface area contributed by atoms with Gasteiger partial charge in [0.05, 0.1) is 11.3 Å². The summed E-state index contributed by atoms with van der Waals surface area (Å²) in [5.74, 6) is 0. The Morgan fingerprint density at radius 3 is 2.04 bits per heavy atom. The summed E-state index contributed by atoms with van der Waals surface area (Å²) in [6.45, 7) is 0. The molecule has 0 amide bonds. The van der Waals surface area contributed by atoms with Gasteiger partial charge in [0.1, 0.15) is 15.3 Å². The van der Waals surface area contributed by atoms with Gasteiger partial charge in [-0.05, 0) is 24.3 Å². The zero-order valence-electron chi connectivity index (χ0n) is 11.2. The van der Waals surface area contributed by atoms with Crippen molar-refractivity contribution in [3.05, 3.63) is 57.6 Å². The fraction of sp³-hybridized carbons (Fsp3) is 0.0667. The highest BCUT2D eigenvalue weighted by atomic mass is 35.5. The van der Waals surface area contributed by atoms with E-state index in [9.17, 15) is 13.2 Å². The summed E-state index contributed by atoms with van der Waals surface area (Å²) in [7, 11) is 0. The zero-order chi connectivity index (χ0) is 16.6. The highest BCUT2D eigenvalue weighted by Crippen LogP contribution is 2.33. The molecular weight excluding hydrogens is 368 g/mol. The van der Waals surface area contributed by atoms with Crippen LogP contribution in [0.4, 0.5) is 13.2 Å². The predicted octanol–water partition coefficient (Wildman–Crippen LogP) is 6.20. The second kappa shape index (κ2) is 6.11. The van der Waals surface area contributed by atoms with Crippen molar-refractivity contribution in [2.45, 2.75) is 6.18 Å². The van der Waals surface area contributed by atoms with Crippen LogP contribution in [0.5, 0.6) is 0 Å². The van der Waals surface area contributed by atoms with Gasteiger partial charge in [0.15, 0.2) is 0 Å². The second-order valence-corrected chi connectivity index (χ2v) is 6.25. The summed E-state index contributed by atoms with van der Waals surface area (Å²) in [4.78, 5) is 8.28. The maximum atomic E-state index is 12.6. The monoisotopic (exact) mass is 374 g/mol. The average Bonchev–Trinajstić information content (AvgIpc) is 2.95. The minimum Gasteiger partial charge on any atom is -0.236 e. The van der Waals surface area contributed by atoms with Crippen molar-refractivity contribution < 1.29 is 13.2 Å². The van der Waals surface area contributed by atoms with E-state index in [2.05, 4.69) is 9.97 Å². The van der Waals surface area contributed by atoms with Crippen LogP contribution in [0.3, 0.4) is 0 Å². The van der Waals surface area contributed by atoms with E-state index < -0.39 is 11.7 Å². The van der Waals surface area contributed by atoms with Crippen LogP contribution < -0.4 is 0 Å². The van der Waals surface area contributed by atoms with Crippen LogP contribution in [0.1, 0.15) is 5.56 Å². The van der Waals surface area contributed by atoms with E-state index in [4.69, 9.17) is 23.2 Å². The number of halogens is 5. The van der Waals surface area contributed by atoms with Crippen LogP contribution in [0.15, 0.2) is 41.8 Å². The molecule has 0 N–H and O–H groups in total. The van der Waals surface area contributed by atoms with Crippen molar-refractivity contribution in [2.75, 3.05) is 0 Å². The number of hydrogen-bond donors (Lipinski definition) is 0. The van der Waals surface area contributed by atoms with Gasteiger partial charge in [-0.25, -0.2) is 9.97 Å². The first-order valence-corrected chi connectivity index (χ1v) is 7.93. The summed E-state index contributed by atoms with van der Waals surface area (Å²) in [5.41, 5.74) is 1.21. The Labute approximate surface area is 143 Å². The maximum absolute atomic E-state index is 12.6. The van der Waals surface area contributed by atoms with Gasteiger partial charge in [0, 0.05) is 16.5 Å². The molecule has 2 heterocycles. The summed E-state index contributed by atoms with van der Waals surface area (Å²) in [6, 6.07) is 8.12. The SMILES string of the molecule is FC(F)(F)c1ccc(-c2csc(-c3cc(Cl)nc(Cl)c3)n2)cc1. The summed E-state index contributed by atoms with van der Waals surface area (Å²) < 4.78 is 37.7. The first-order valence-electron chi connectivity index (χ1n) is 6.29. The van der Waals surface area contributed by atoms with Gasteiger partial charge in [-0.3, -0.25) is 0 Å². The molecule has 2 aromatic heterocycles. The van der Waals surface area contributed by atoms with Crippen molar-refractivity contribution >= 4 is 34.5 Å². The minimum atomic E-state index is -4.35. The largest absolute Gasteiger partial charge is 0.416 e. The standard InChI is InChI=1S/C15H7Cl2F3N2S/c16-12-5-9(6-13(17)22-12)14-21-11(7-23-14)8-1-3-10(4-2-8)15(18,19)20/h1-7H. The fourth-order valence-electron chi connectivity index (χ4n) is 1.96. The van der Waals surface area contributed by atoms with Gasteiger partial charge in [0.2, 0.25) is 0 Å². The van der Waals surface area contributed by atoms with Gasteiger partial charge in [-0.2, -0.15) is 13.2 Å². The van der Waals surface area contributed by atoms with Crippen LogP contribution in [-0.4, -0.2) is 9.97 Å². The molecule has 0 radical (unpaired) electrons. The van der Waals surface area contributed by atoms with Gasteiger partial charge < -0.3 is 0 Å². The van der Waals surface area contributed by atoms with Crippen molar-refractivity contribution in [1.82, 2.24) is 9.97 Å². The number of benzene rings is 1. The molecule has 0 aliphatic rings. The third kappa shape index (κ3) is 3.65. The van der Waals surface area contributed by atoms with E-state index in [1.807, 2.05) is 0 Å². The van der Waals surface area contributed by atoms with E-state index in [1.54, 1.807) is 17.5 Å². The van der Waals surface area contributed by atoms with E-state index in [1.165, 1.54) is 23.5 Å². The predicted molar refractivity (Wildman–Crippen MR) is 85.8 cm³/mol. The molecule has 1 aromatic carbocycles. The van der Waals surface area contributed by atoms with E-state index in [0.29, 0.717) is 21.8 Å². The lowest BCUT2D eigenvalue weighted by molar-refractivity contribution is -0.137. The molecule has 0 spiro atoms. The Morgan fingerprint density at radius 2 is 1.48 bits per heavy atom. The topological polar surface area (TPSA) is 25.8 Å². The third-order valence-electron chi connectivity index (χ3n) is 3.02. The number of nitrogens with zero attached hydrogens (tertiary/aromatic N) is 2. The van der Waals surface area contributed by atoms with Gasteiger partial charge in [0.25, 0.3) is 0 Å². The van der Waals surface area contributed by atoms with Crippen LogP contribution in [0.25, 0.3) is 21.8 Å². The molecule has 3 aromatic rings. The van der Waals surface area contributed by atoms with Crippen molar-refractivity contribution in [1.29, 1.82) is 0 Å². The van der Waals surface area contributed by atoms with Crippen LogP contribution >= 0.6 is 34.5 Å². The van der Waals surface area contributed by atoms with Crippen molar-refractivity contribution in [3.8, 4) is 21.8 Å². The molecule has 0 bridgehead atoms. The van der Waals surface area contributed by atoms with E-state index in [0.717, 1.165) is 12.1 Å². The Kier molecular flexibility index (Phi) is 4.31. The zero-order valence-corrected chi connectivity index (χ0v) is 13.6. The third-order valence-corrected chi connectivity index (χ3v) is 4.30. The smallest absolute Gasteiger partial charge is 0.236 e. The normalized spacial score (nSPS) is 11.7. The molecule has 8 heteroatoms. The minimum absolute atomic E-state index is 0.249. The number of aromatic nitrogens is 2. The van der Waals surface area contributed by atoms with Gasteiger partial charge >= 0.3 is 6.18 Å². The lowest BCUT2D eigenvalue weighted by Crippen LogP contribution is -2.03. The van der Waals surface area contributed by atoms with E-state index >= 15 is 0 Å². The average molecular weight is 375 g/mol. The molecule has 0 atom stereocenters. The van der Waals surface area contributed by atoms with E-state index in [-0.39, 0.29) is 10.3 Å². The Morgan fingerprint density at radius 1 is 0.870 bits per heavy atom. The molecule has 2 nitrogen and oxygen atoms in total.